The summed E-state index contributed by atoms with van der Waals surface area (Å²) in [4.78, 5) is 10.4. The monoisotopic (exact) mass is 194 g/mol. The summed E-state index contributed by atoms with van der Waals surface area (Å²) >= 11 is 0. The van der Waals surface area contributed by atoms with E-state index in [1.54, 1.807) is 6.20 Å². The minimum atomic E-state index is 0.682. The van der Waals surface area contributed by atoms with Crippen molar-refractivity contribution in [1.29, 1.82) is 0 Å². The van der Waals surface area contributed by atoms with Crippen LogP contribution in [0.4, 0.5) is 11.5 Å². The predicted octanol–water partition coefficient (Wildman–Crippen LogP) is 0.903. The molecule has 0 aliphatic heterocycles. The van der Waals surface area contributed by atoms with Crippen LogP contribution in [0, 0.1) is 5.92 Å². The van der Waals surface area contributed by atoms with Crippen molar-refractivity contribution >= 4 is 17.9 Å². The molecular formula is C9H14N4O. The average Bonchev–Trinajstić information content (AvgIpc) is 2.91. The molecule has 0 bridgehead atoms. The second-order valence-corrected chi connectivity index (χ2v) is 3.54. The van der Waals surface area contributed by atoms with Gasteiger partial charge < -0.3 is 10.6 Å². The van der Waals surface area contributed by atoms with E-state index in [0.717, 1.165) is 24.0 Å². The van der Waals surface area contributed by atoms with Crippen LogP contribution in [0.25, 0.3) is 0 Å². The number of nitrogens with zero attached hydrogens (tertiary/aromatic N) is 2. The van der Waals surface area contributed by atoms with E-state index < -0.39 is 0 Å². The molecule has 2 N–H and O–H groups in total. The van der Waals surface area contributed by atoms with Crippen molar-refractivity contribution in [1.82, 2.24) is 9.78 Å². The first-order valence-corrected chi connectivity index (χ1v) is 4.79. The SMILES string of the molecule is CNc1cnn(CC2CC2)c1NC=O. The molecule has 0 radical (unpaired) electrons. The molecule has 0 aromatic carbocycles. The van der Waals surface area contributed by atoms with Gasteiger partial charge in [-0.15, -0.1) is 0 Å². The lowest BCUT2D eigenvalue weighted by Gasteiger charge is -2.06. The van der Waals surface area contributed by atoms with E-state index in [0.29, 0.717) is 6.41 Å². The Morgan fingerprint density at radius 3 is 3.07 bits per heavy atom. The molecule has 1 saturated carbocycles. The van der Waals surface area contributed by atoms with Crippen molar-refractivity contribution < 1.29 is 4.79 Å². The summed E-state index contributed by atoms with van der Waals surface area (Å²) in [5.74, 6) is 1.50. The standard InChI is InChI=1S/C9H14N4O/c1-10-8-4-12-13(5-7-2-3-7)9(8)11-6-14/h4,6-7,10H,2-3,5H2,1H3,(H,11,14). The number of hydrogen-bond acceptors (Lipinski definition) is 3. The van der Waals surface area contributed by atoms with E-state index >= 15 is 0 Å². The molecule has 1 heterocycles. The molecule has 0 atom stereocenters. The molecule has 1 aliphatic rings. The zero-order valence-electron chi connectivity index (χ0n) is 8.16. The molecule has 1 amide bonds. The van der Waals surface area contributed by atoms with Crippen molar-refractivity contribution in [3.05, 3.63) is 6.20 Å². The summed E-state index contributed by atoms with van der Waals surface area (Å²) in [5, 5.41) is 9.87. The maximum Gasteiger partial charge on any atom is 0.212 e. The first-order chi connectivity index (χ1) is 6.85. The number of nitrogens with one attached hydrogen (secondary N) is 2. The number of amides is 1. The maximum absolute atomic E-state index is 10.4. The maximum atomic E-state index is 10.4. The largest absolute Gasteiger partial charge is 0.384 e. The molecule has 1 aromatic rings. The summed E-state index contributed by atoms with van der Waals surface area (Å²) in [6.45, 7) is 0.901. The van der Waals surface area contributed by atoms with Crippen LogP contribution in [0.15, 0.2) is 6.20 Å². The van der Waals surface area contributed by atoms with Gasteiger partial charge in [0.05, 0.1) is 11.9 Å². The van der Waals surface area contributed by atoms with Gasteiger partial charge in [0.15, 0.2) is 5.82 Å². The van der Waals surface area contributed by atoms with Crippen LogP contribution in [0.1, 0.15) is 12.8 Å². The van der Waals surface area contributed by atoms with Crippen molar-refractivity contribution in [3.8, 4) is 0 Å². The Hall–Kier alpha value is -1.52. The number of rotatable bonds is 5. The van der Waals surface area contributed by atoms with Gasteiger partial charge in [0, 0.05) is 13.6 Å². The Balaban J connectivity index is 2.18. The van der Waals surface area contributed by atoms with Gasteiger partial charge in [0.25, 0.3) is 0 Å². The molecule has 5 heteroatoms. The van der Waals surface area contributed by atoms with Gasteiger partial charge in [-0.3, -0.25) is 4.79 Å². The predicted molar refractivity (Wildman–Crippen MR) is 54.2 cm³/mol. The van der Waals surface area contributed by atoms with Gasteiger partial charge in [-0.25, -0.2) is 4.68 Å². The molecule has 76 valence electrons. The summed E-state index contributed by atoms with van der Waals surface area (Å²) in [5.41, 5.74) is 0.859. The van der Waals surface area contributed by atoms with Crippen LogP contribution in [-0.4, -0.2) is 23.2 Å². The highest BCUT2D eigenvalue weighted by Gasteiger charge is 2.23. The Bertz CT molecular complexity index is 330. The lowest BCUT2D eigenvalue weighted by atomic mass is 10.4. The molecule has 0 unspecified atom stereocenters. The van der Waals surface area contributed by atoms with Crippen LogP contribution >= 0.6 is 0 Å². The van der Waals surface area contributed by atoms with Gasteiger partial charge in [0.2, 0.25) is 6.41 Å². The van der Waals surface area contributed by atoms with Crippen LogP contribution in [-0.2, 0) is 11.3 Å². The van der Waals surface area contributed by atoms with Gasteiger partial charge in [-0.2, -0.15) is 5.10 Å². The van der Waals surface area contributed by atoms with Crippen LogP contribution in [0.3, 0.4) is 0 Å². The molecule has 1 aliphatic carbocycles. The first-order valence-electron chi connectivity index (χ1n) is 4.79. The highest BCUT2D eigenvalue weighted by molar-refractivity contribution is 5.77. The highest BCUT2D eigenvalue weighted by Crippen LogP contribution is 2.32. The number of carbonyl (C=O) groups excluding carboxylic acids is 1. The summed E-state index contributed by atoms with van der Waals surface area (Å²) in [6, 6.07) is 0. The lowest BCUT2D eigenvalue weighted by molar-refractivity contribution is -0.105. The molecule has 1 fully saturated rings. The van der Waals surface area contributed by atoms with Crippen molar-refractivity contribution in [2.24, 2.45) is 5.92 Å². The zero-order valence-corrected chi connectivity index (χ0v) is 8.16. The summed E-state index contributed by atoms with van der Waals surface area (Å²) < 4.78 is 1.85. The van der Waals surface area contributed by atoms with Gasteiger partial charge in [0.1, 0.15) is 0 Å². The number of anilines is 2. The average molecular weight is 194 g/mol. The zero-order chi connectivity index (χ0) is 9.97. The Kier molecular flexibility index (Phi) is 2.39. The minimum Gasteiger partial charge on any atom is -0.384 e. The van der Waals surface area contributed by atoms with Crippen LogP contribution in [0.5, 0.6) is 0 Å². The van der Waals surface area contributed by atoms with Crippen LogP contribution < -0.4 is 10.6 Å². The smallest absolute Gasteiger partial charge is 0.212 e. The fourth-order valence-corrected chi connectivity index (χ4v) is 1.46. The summed E-state index contributed by atoms with van der Waals surface area (Å²) in [7, 11) is 1.81. The lowest BCUT2D eigenvalue weighted by Crippen LogP contribution is -2.08. The normalized spacial score (nSPS) is 15.2. The third-order valence-electron chi connectivity index (χ3n) is 2.43. The molecule has 1 aromatic heterocycles. The second kappa shape index (κ2) is 3.69. The van der Waals surface area contributed by atoms with Gasteiger partial charge in [-0.1, -0.05) is 0 Å². The van der Waals surface area contributed by atoms with Gasteiger partial charge >= 0.3 is 0 Å². The van der Waals surface area contributed by atoms with E-state index in [2.05, 4.69) is 15.7 Å². The number of hydrogen-bond donors (Lipinski definition) is 2. The first kappa shape index (κ1) is 9.05. The van der Waals surface area contributed by atoms with E-state index in [4.69, 9.17) is 0 Å². The van der Waals surface area contributed by atoms with Crippen molar-refractivity contribution in [3.63, 3.8) is 0 Å². The molecule has 0 saturated heterocycles. The van der Waals surface area contributed by atoms with E-state index in [-0.39, 0.29) is 0 Å². The molecule has 2 rings (SSSR count). The fraction of sp³-hybridized carbons (Fsp3) is 0.556. The minimum absolute atomic E-state index is 0.682. The molecular weight excluding hydrogens is 180 g/mol. The van der Waals surface area contributed by atoms with E-state index in [1.807, 2.05) is 11.7 Å². The third kappa shape index (κ3) is 1.71. The summed E-state index contributed by atoms with van der Waals surface area (Å²) in [6.07, 6.45) is 4.96. The number of carbonyl (C=O) groups is 1. The van der Waals surface area contributed by atoms with Crippen molar-refractivity contribution in [2.45, 2.75) is 19.4 Å². The molecule has 0 spiro atoms. The van der Waals surface area contributed by atoms with E-state index in [9.17, 15) is 4.79 Å². The number of aromatic nitrogens is 2. The quantitative estimate of drug-likeness (QED) is 0.685. The second-order valence-electron chi connectivity index (χ2n) is 3.54. The third-order valence-corrected chi connectivity index (χ3v) is 2.43. The topological polar surface area (TPSA) is 59.0 Å². The fourth-order valence-electron chi connectivity index (χ4n) is 1.46. The Labute approximate surface area is 82.5 Å². The van der Waals surface area contributed by atoms with Crippen molar-refractivity contribution in [2.75, 3.05) is 17.7 Å². The van der Waals surface area contributed by atoms with Gasteiger partial charge in [-0.05, 0) is 18.8 Å². The Morgan fingerprint density at radius 1 is 1.71 bits per heavy atom. The Morgan fingerprint density at radius 2 is 2.50 bits per heavy atom. The highest BCUT2D eigenvalue weighted by atomic mass is 16.1. The van der Waals surface area contributed by atoms with E-state index in [1.165, 1.54) is 12.8 Å². The van der Waals surface area contributed by atoms with Crippen LogP contribution in [0.2, 0.25) is 0 Å². The molecule has 5 nitrogen and oxygen atoms in total. The molecule has 14 heavy (non-hydrogen) atoms.